The molecule has 2 N–H and O–H groups in total. The average Bonchev–Trinajstić information content (AvgIpc) is 2.45. The van der Waals surface area contributed by atoms with Gasteiger partial charge in [0.15, 0.2) is 0 Å². The molecule has 0 spiro atoms. The predicted octanol–water partition coefficient (Wildman–Crippen LogP) is 3.83. The highest BCUT2D eigenvalue weighted by Crippen LogP contribution is 2.30. The summed E-state index contributed by atoms with van der Waals surface area (Å²) in [6, 6.07) is 8.75. The van der Waals surface area contributed by atoms with Crippen LogP contribution in [0.15, 0.2) is 24.3 Å². The van der Waals surface area contributed by atoms with Crippen molar-refractivity contribution in [3.05, 3.63) is 33.4 Å². The third-order valence-electron chi connectivity index (χ3n) is 4.28. The molecule has 110 valence electrons. The van der Waals surface area contributed by atoms with Crippen molar-refractivity contribution >= 4 is 28.6 Å². The van der Waals surface area contributed by atoms with Crippen molar-refractivity contribution in [2.24, 2.45) is 11.8 Å². The molecule has 1 aromatic carbocycles. The summed E-state index contributed by atoms with van der Waals surface area (Å²) < 4.78 is 1.23. The summed E-state index contributed by atoms with van der Waals surface area (Å²) in [7, 11) is 0. The lowest BCUT2D eigenvalue weighted by Gasteiger charge is -2.30. The lowest BCUT2D eigenvalue weighted by Crippen LogP contribution is -2.35. The van der Waals surface area contributed by atoms with E-state index in [1.807, 2.05) is 0 Å². The van der Waals surface area contributed by atoms with E-state index in [0.29, 0.717) is 0 Å². The van der Waals surface area contributed by atoms with E-state index in [9.17, 15) is 9.90 Å². The van der Waals surface area contributed by atoms with Crippen LogP contribution in [0.4, 0.5) is 0 Å². The Bertz CT molecular complexity index is 446. The highest BCUT2D eigenvalue weighted by atomic mass is 127. The average molecular weight is 387 g/mol. The van der Waals surface area contributed by atoms with Gasteiger partial charge in [-0.25, -0.2) is 0 Å². The van der Waals surface area contributed by atoms with Gasteiger partial charge in [-0.3, -0.25) is 4.79 Å². The molecule has 2 rings (SSSR count). The minimum atomic E-state index is -0.626. The third kappa shape index (κ3) is 4.19. The Morgan fingerprint density at radius 2 is 2.00 bits per heavy atom. The van der Waals surface area contributed by atoms with Crippen molar-refractivity contribution in [2.75, 3.05) is 6.54 Å². The summed E-state index contributed by atoms with van der Waals surface area (Å²) in [5.41, 5.74) is 1.26. The third-order valence-corrected chi connectivity index (χ3v) is 5.00. The molecule has 3 nitrogen and oxygen atoms in total. The Hall–Kier alpha value is -0.620. The normalized spacial score (nSPS) is 24.3. The lowest BCUT2D eigenvalue weighted by atomic mass is 9.79. The fourth-order valence-electron chi connectivity index (χ4n) is 2.97. The Labute approximate surface area is 134 Å². The minimum absolute atomic E-state index is 0.167. The first kappa shape index (κ1) is 15.8. The smallest absolute Gasteiger partial charge is 0.306 e. The van der Waals surface area contributed by atoms with Crippen LogP contribution in [0.2, 0.25) is 0 Å². The zero-order valence-corrected chi connectivity index (χ0v) is 14.0. The number of rotatable bonds is 5. The van der Waals surface area contributed by atoms with E-state index < -0.39 is 5.97 Å². The molecule has 20 heavy (non-hydrogen) atoms. The van der Waals surface area contributed by atoms with E-state index in [-0.39, 0.29) is 17.9 Å². The molecule has 1 aliphatic carbocycles. The number of halogens is 1. The SMILES string of the molecule is CC(NCC1CCCCC1C(=O)O)c1ccc(I)cc1. The molecule has 1 fully saturated rings. The van der Waals surface area contributed by atoms with E-state index in [4.69, 9.17) is 0 Å². The molecule has 1 aliphatic rings. The molecule has 0 bridgehead atoms. The van der Waals surface area contributed by atoms with Gasteiger partial charge in [0.25, 0.3) is 0 Å². The minimum Gasteiger partial charge on any atom is -0.481 e. The van der Waals surface area contributed by atoms with Crippen molar-refractivity contribution in [3.63, 3.8) is 0 Å². The maximum atomic E-state index is 11.3. The van der Waals surface area contributed by atoms with Gasteiger partial charge in [-0.1, -0.05) is 25.0 Å². The molecule has 0 aliphatic heterocycles. The molecule has 0 aromatic heterocycles. The quantitative estimate of drug-likeness (QED) is 0.755. The van der Waals surface area contributed by atoms with Crippen LogP contribution in [0.3, 0.4) is 0 Å². The second kappa shape index (κ2) is 7.41. The van der Waals surface area contributed by atoms with Crippen LogP contribution in [0.5, 0.6) is 0 Å². The highest BCUT2D eigenvalue weighted by Gasteiger charge is 2.30. The summed E-state index contributed by atoms with van der Waals surface area (Å²) in [5.74, 6) is -0.522. The molecule has 0 amide bonds. The zero-order chi connectivity index (χ0) is 14.5. The maximum absolute atomic E-state index is 11.3. The fraction of sp³-hybridized carbons (Fsp3) is 0.562. The number of carboxylic acids is 1. The molecule has 4 heteroatoms. The summed E-state index contributed by atoms with van der Waals surface area (Å²) >= 11 is 2.30. The van der Waals surface area contributed by atoms with Crippen LogP contribution >= 0.6 is 22.6 Å². The van der Waals surface area contributed by atoms with Gasteiger partial charge in [-0.15, -0.1) is 0 Å². The highest BCUT2D eigenvalue weighted by molar-refractivity contribution is 14.1. The van der Waals surface area contributed by atoms with Gasteiger partial charge >= 0.3 is 5.97 Å². The number of carbonyl (C=O) groups is 1. The Kier molecular flexibility index (Phi) is 5.84. The van der Waals surface area contributed by atoms with Gasteiger partial charge in [0, 0.05) is 9.61 Å². The number of carboxylic acid groups (broad SMARTS) is 1. The van der Waals surface area contributed by atoms with Crippen LogP contribution in [0.1, 0.15) is 44.2 Å². The van der Waals surface area contributed by atoms with Crippen molar-refractivity contribution in [1.29, 1.82) is 0 Å². The van der Waals surface area contributed by atoms with Gasteiger partial charge in [0.2, 0.25) is 0 Å². The van der Waals surface area contributed by atoms with Crippen LogP contribution in [-0.2, 0) is 4.79 Å². The van der Waals surface area contributed by atoms with E-state index in [1.165, 1.54) is 9.13 Å². The topological polar surface area (TPSA) is 49.3 Å². The molecule has 3 unspecified atom stereocenters. The molecule has 3 atom stereocenters. The number of nitrogens with one attached hydrogen (secondary N) is 1. The van der Waals surface area contributed by atoms with E-state index in [0.717, 1.165) is 32.2 Å². The Balaban J connectivity index is 1.90. The van der Waals surface area contributed by atoms with Gasteiger partial charge in [0.05, 0.1) is 5.92 Å². The first-order chi connectivity index (χ1) is 9.58. The summed E-state index contributed by atoms with van der Waals surface area (Å²) in [6.07, 6.45) is 4.08. The second-order valence-electron chi connectivity index (χ2n) is 5.67. The molecule has 0 saturated heterocycles. The molecule has 1 aromatic rings. The van der Waals surface area contributed by atoms with Crippen molar-refractivity contribution < 1.29 is 9.90 Å². The molecule has 0 heterocycles. The Morgan fingerprint density at radius 1 is 1.35 bits per heavy atom. The van der Waals surface area contributed by atoms with E-state index >= 15 is 0 Å². The van der Waals surface area contributed by atoms with E-state index in [1.54, 1.807) is 0 Å². The standard InChI is InChI=1S/C16H22INO2/c1-11(12-6-8-14(17)9-7-12)18-10-13-4-2-3-5-15(13)16(19)20/h6-9,11,13,15,18H,2-5,10H2,1H3,(H,19,20). The number of aliphatic carboxylic acids is 1. The fourth-order valence-corrected chi connectivity index (χ4v) is 3.33. The van der Waals surface area contributed by atoms with Crippen molar-refractivity contribution in [3.8, 4) is 0 Å². The number of hydrogen-bond acceptors (Lipinski definition) is 2. The summed E-state index contributed by atoms with van der Waals surface area (Å²) in [6.45, 7) is 2.94. The van der Waals surface area contributed by atoms with Crippen LogP contribution in [0.25, 0.3) is 0 Å². The van der Waals surface area contributed by atoms with Gasteiger partial charge < -0.3 is 10.4 Å². The molecular formula is C16H22INO2. The first-order valence-corrected chi connectivity index (χ1v) is 8.37. The number of benzene rings is 1. The zero-order valence-electron chi connectivity index (χ0n) is 11.8. The maximum Gasteiger partial charge on any atom is 0.306 e. The second-order valence-corrected chi connectivity index (χ2v) is 6.92. The number of hydrogen-bond donors (Lipinski definition) is 2. The van der Waals surface area contributed by atoms with Crippen molar-refractivity contribution in [2.45, 2.75) is 38.6 Å². The lowest BCUT2D eigenvalue weighted by molar-refractivity contribution is -0.144. The summed E-state index contributed by atoms with van der Waals surface area (Å²) in [5, 5.41) is 12.8. The van der Waals surface area contributed by atoms with Gasteiger partial charge in [-0.05, 0) is 72.5 Å². The largest absolute Gasteiger partial charge is 0.481 e. The molecule has 1 saturated carbocycles. The van der Waals surface area contributed by atoms with Crippen LogP contribution < -0.4 is 5.32 Å². The van der Waals surface area contributed by atoms with Crippen LogP contribution in [0, 0.1) is 15.4 Å². The Morgan fingerprint density at radius 3 is 2.65 bits per heavy atom. The van der Waals surface area contributed by atoms with Crippen molar-refractivity contribution in [1.82, 2.24) is 5.32 Å². The van der Waals surface area contributed by atoms with Gasteiger partial charge in [-0.2, -0.15) is 0 Å². The summed E-state index contributed by atoms with van der Waals surface area (Å²) in [4.78, 5) is 11.3. The predicted molar refractivity (Wildman–Crippen MR) is 88.7 cm³/mol. The molecule has 0 radical (unpaired) electrons. The van der Waals surface area contributed by atoms with E-state index in [2.05, 4.69) is 59.1 Å². The van der Waals surface area contributed by atoms with Crippen LogP contribution in [-0.4, -0.2) is 17.6 Å². The monoisotopic (exact) mass is 387 g/mol. The first-order valence-electron chi connectivity index (χ1n) is 7.29. The van der Waals surface area contributed by atoms with Gasteiger partial charge in [0.1, 0.15) is 0 Å². The molecular weight excluding hydrogens is 365 g/mol.